The molecule has 1 aromatic rings. The molecule has 0 aromatic heterocycles. The van der Waals surface area contributed by atoms with Gasteiger partial charge in [-0.2, -0.15) is 4.31 Å². The lowest BCUT2D eigenvalue weighted by Crippen LogP contribution is -2.52. The quantitative estimate of drug-likeness (QED) is 0.808. The summed E-state index contributed by atoms with van der Waals surface area (Å²) in [5.74, 6) is -1.33. The Kier molecular flexibility index (Phi) is 4.27. The molecule has 7 heteroatoms. The summed E-state index contributed by atoms with van der Waals surface area (Å²) < 4.78 is 26.7. The number of piperidine rings is 1. The first-order valence-corrected chi connectivity index (χ1v) is 8.14. The zero-order chi connectivity index (χ0) is 14.0. The summed E-state index contributed by atoms with van der Waals surface area (Å²) in [6, 6.07) is 5.08. The van der Waals surface area contributed by atoms with Crippen molar-refractivity contribution in [1.82, 2.24) is 4.31 Å². The van der Waals surface area contributed by atoms with Gasteiger partial charge in [0.05, 0.1) is 16.9 Å². The number of carboxylic acid groups (broad SMARTS) is 1. The molecule has 5 nitrogen and oxygen atoms in total. The van der Waals surface area contributed by atoms with Crippen molar-refractivity contribution >= 4 is 31.9 Å². The molecule has 1 aliphatic heterocycles. The van der Waals surface area contributed by atoms with Crippen molar-refractivity contribution < 1.29 is 18.3 Å². The fraction of sp³-hybridized carbons (Fsp3) is 0.417. The van der Waals surface area contributed by atoms with Gasteiger partial charge in [-0.15, -0.1) is 0 Å². The van der Waals surface area contributed by atoms with E-state index < -0.39 is 22.0 Å². The number of aliphatic carboxylic acids is 1. The molecule has 0 unspecified atom stereocenters. The molecule has 0 N–H and O–H groups in total. The minimum Gasteiger partial charge on any atom is -0.548 e. The summed E-state index contributed by atoms with van der Waals surface area (Å²) in [5, 5.41) is 11.1. The number of sulfonamides is 1. The van der Waals surface area contributed by atoms with Crippen LogP contribution in [0.5, 0.6) is 0 Å². The highest BCUT2D eigenvalue weighted by Gasteiger charge is 2.34. The molecule has 0 saturated carbocycles. The summed E-state index contributed by atoms with van der Waals surface area (Å²) >= 11 is 3.23. The van der Waals surface area contributed by atoms with Crippen molar-refractivity contribution in [2.45, 2.75) is 30.2 Å². The maximum Gasteiger partial charge on any atom is 0.243 e. The normalized spacial score (nSPS) is 21.2. The Morgan fingerprint density at radius 2 is 1.89 bits per heavy atom. The highest BCUT2D eigenvalue weighted by Crippen LogP contribution is 2.25. The van der Waals surface area contributed by atoms with Gasteiger partial charge in [0.2, 0.25) is 10.0 Å². The number of nitrogens with zero attached hydrogens (tertiary/aromatic N) is 1. The molecule has 0 aliphatic carbocycles. The largest absolute Gasteiger partial charge is 0.548 e. The fourth-order valence-corrected chi connectivity index (χ4v) is 4.08. The van der Waals surface area contributed by atoms with E-state index in [0.717, 1.165) is 8.78 Å². The molecule has 0 radical (unpaired) electrons. The summed E-state index contributed by atoms with van der Waals surface area (Å²) in [6.07, 6.45) is 1.67. The van der Waals surface area contributed by atoms with Gasteiger partial charge < -0.3 is 9.90 Å². The van der Waals surface area contributed by atoms with Gasteiger partial charge in [0.15, 0.2) is 0 Å². The number of benzene rings is 1. The second kappa shape index (κ2) is 5.60. The van der Waals surface area contributed by atoms with Gasteiger partial charge in [0.1, 0.15) is 0 Å². The zero-order valence-corrected chi connectivity index (χ0v) is 12.5. The molecule has 1 aromatic carbocycles. The minimum absolute atomic E-state index is 0.101. The van der Waals surface area contributed by atoms with E-state index in [1.165, 1.54) is 12.1 Å². The Hall–Kier alpha value is -0.920. The van der Waals surface area contributed by atoms with Crippen LogP contribution in [0.1, 0.15) is 19.3 Å². The third-order valence-corrected chi connectivity index (χ3v) is 5.60. The lowest BCUT2D eigenvalue weighted by molar-refractivity contribution is -0.311. The first kappa shape index (κ1) is 14.5. The first-order chi connectivity index (χ1) is 8.93. The van der Waals surface area contributed by atoms with Crippen molar-refractivity contribution in [2.24, 2.45) is 0 Å². The molecule has 1 saturated heterocycles. The molecule has 104 valence electrons. The van der Waals surface area contributed by atoms with Crippen LogP contribution in [0, 0.1) is 0 Å². The van der Waals surface area contributed by atoms with Gasteiger partial charge in [-0.05, 0) is 37.1 Å². The molecule has 0 spiro atoms. The highest BCUT2D eigenvalue weighted by atomic mass is 79.9. The Labute approximate surface area is 120 Å². The van der Waals surface area contributed by atoms with E-state index in [1.807, 2.05) is 0 Å². The topological polar surface area (TPSA) is 77.5 Å². The van der Waals surface area contributed by atoms with Gasteiger partial charge in [0, 0.05) is 11.0 Å². The number of carboxylic acids is 1. The third kappa shape index (κ3) is 2.98. The average Bonchev–Trinajstić information content (AvgIpc) is 2.39. The molecule has 0 bridgehead atoms. The lowest BCUT2D eigenvalue weighted by Gasteiger charge is -2.35. The summed E-state index contributed by atoms with van der Waals surface area (Å²) in [7, 11) is -3.78. The number of carbonyl (C=O) groups excluding carboxylic acids is 1. The van der Waals surface area contributed by atoms with E-state index in [1.54, 1.807) is 12.1 Å². The average molecular weight is 347 g/mol. The van der Waals surface area contributed by atoms with Gasteiger partial charge in [0.25, 0.3) is 0 Å². The van der Waals surface area contributed by atoms with E-state index in [4.69, 9.17) is 0 Å². The summed E-state index contributed by atoms with van der Waals surface area (Å²) in [4.78, 5) is 11.2. The van der Waals surface area contributed by atoms with Gasteiger partial charge in [-0.25, -0.2) is 8.42 Å². The van der Waals surface area contributed by atoms with E-state index in [-0.39, 0.29) is 11.4 Å². The predicted molar refractivity (Wildman–Crippen MR) is 70.7 cm³/mol. The van der Waals surface area contributed by atoms with Crippen LogP contribution in [0.15, 0.2) is 33.6 Å². The predicted octanol–water partition coefficient (Wildman–Crippen LogP) is 0.742. The molecule has 2 rings (SSSR count). The van der Waals surface area contributed by atoms with E-state index in [0.29, 0.717) is 19.3 Å². The lowest BCUT2D eigenvalue weighted by atomic mass is 10.1. The number of hydrogen-bond donors (Lipinski definition) is 0. The second-order valence-corrected chi connectivity index (χ2v) is 7.21. The molecule has 1 aliphatic rings. The zero-order valence-electron chi connectivity index (χ0n) is 10.1. The van der Waals surface area contributed by atoms with E-state index >= 15 is 0 Å². The van der Waals surface area contributed by atoms with Gasteiger partial charge >= 0.3 is 0 Å². The van der Waals surface area contributed by atoms with Crippen molar-refractivity contribution in [2.75, 3.05) is 6.54 Å². The molecular formula is C12H13BrNO4S-. The van der Waals surface area contributed by atoms with Crippen LogP contribution in [-0.2, 0) is 14.8 Å². The Morgan fingerprint density at radius 3 is 2.47 bits per heavy atom. The molecule has 1 fully saturated rings. The number of rotatable bonds is 3. The van der Waals surface area contributed by atoms with Crippen LogP contribution in [0.4, 0.5) is 0 Å². The van der Waals surface area contributed by atoms with Crippen LogP contribution >= 0.6 is 15.9 Å². The molecular weight excluding hydrogens is 334 g/mol. The van der Waals surface area contributed by atoms with E-state index in [9.17, 15) is 18.3 Å². The van der Waals surface area contributed by atoms with Gasteiger partial charge in [-0.1, -0.05) is 22.4 Å². The Balaban J connectivity index is 2.37. The number of hydrogen-bond acceptors (Lipinski definition) is 4. The maximum absolute atomic E-state index is 12.4. The van der Waals surface area contributed by atoms with Crippen LogP contribution in [0.25, 0.3) is 0 Å². The van der Waals surface area contributed by atoms with Crippen molar-refractivity contribution in [1.29, 1.82) is 0 Å². The third-order valence-electron chi connectivity index (χ3n) is 3.15. The second-order valence-electron chi connectivity index (χ2n) is 4.40. The molecule has 1 atom stereocenters. The van der Waals surface area contributed by atoms with Crippen LogP contribution in [0.3, 0.4) is 0 Å². The van der Waals surface area contributed by atoms with Crippen LogP contribution in [0.2, 0.25) is 0 Å². The van der Waals surface area contributed by atoms with Crippen LogP contribution < -0.4 is 5.11 Å². The minimum atomic E-state index is -3.78. The van der Waals surface area contributed by atoms with Crippen molar-refractivity contribution in [3.05, 3.63) is 28.7 Å². The van der Waals surface area contributed by atoms with Crippen LogP contribution in [-0.4, -0.2) is 31.3 Å². The molecule has 0 amide bonds. The monoisotopic (exact) mass is 346 g/mol. The Bertz CT molecular complexity index is 570. The highest BCUT2D eigenvalue weighted by molar-refractivity contribution is 9.10. The molecule has 19 heavy (non-hydrogen) atoms. The number of carbonyl (C=O) groups is 1. The van der Waals surface area contributed by atoms with Crippen molar-refractivity contribution in [3.63, 3.8) is 0 Å². The fourth-order valence-electron chi connectivity index (χ4n) is 2.17. The maximum atomic E-state index is 12.4. The summed E-state index contributed by atoms with van der Waals surface area (Å²) in [5.41, 5.74) is 0. The Morgan fingerprint density at radius 1 is 1.26 bits per heavy atom. The summed E-state index contributed by atoms with van der Waals surface area (Å²) in [6.45, 7) is 0.219. The molecule has 1 heterocycles. The van der Waals surface area contributed by atoms with Crippen molar-refractivity contribution in [3.8, 4) is 0 Å². The van der Waals surface area contributed by atoms with E-state index in [2.05, 4.69) is 15.9 Å². The first-order valence-electron chi connectivity index (χ1n) is 5.91. The number of halogens is 1. The van der Waals surface area contributed by atoms with Gasteiger partial charge in [-0.3, -0.25) is 0 Å². The standard InChI is InChI=1S/C12H14BrNO4S/c13-9-4-6-10(7-5-9)19(17,18)14-8-2-1-3-11(14)12(15)16/h4-7,11H,1-3,8H2,(H,15,16)/p-1/t11-/m0/s1. The smallest absolute Gasteiger partial charge is 0.243 e. The SMILES string of the molecule is O=C([O-])[C@@H]1CCCCN1S(=O)(=O)c1ccc(Br)cc1.